The molecule has 9 heteroatoms. The lowest BCUT2D eigenvalue weighted by Crippen LogP contribution is -2.31. The zero-order chi connectivity index (χ0) is 23.8. The molecule has 3 rings (SSSR count). The van der Waals surface area contributed by atoms with Crippen LogP contribution in [0.15, 0.2) is 54.7 Å². The van der Waals surface area contributed by atoms with Crippen molar-refractivity contribution in [3.63, 3.8) is 0 Å². The first-order valence-electron chi connectivity index (χ1n) is 10.8. The van der Waals surface area contributed by atoms with Gasteiger partial charge in [-0.05, 0) is 61.2 Å². The molecule has 3 N–H and O–H groups in total. The first-order chi connectivity index (χ1) is 15.8. The van der Waals surface area contributed by atoms with E-state index in [0.29, 0.717) is 37.5 Å². The van der Waals surface area contributed by atoms with E-state index in [1.165, 1.54) is 10.6 Å². The molecule has 0 spiro atoms. The molecular weight excluding hydrogens is 460 g/mol. The predicted octanol–water partition coefficient (Wildman–Crippen LogP) is 3.79. The van der Waals surface area contributed by atoms with Gasteiger partial charge >= 0.3 is 0 Å². The van der Waals surface area contributed by atoms with Crippen molar-refractivity contribution in [3.8, 4) is 17.0 Å². The van der Waals surface area contributed by atoms with Crippen LogP contribution in [0.5, 0.6) is 5.75 Å². The largest absolute Gasteiger partial charge is 0.506 e. The van der Waals surface area contributed by atoms with Crippen LogP contribution in [-0.2, 0) is 29.4 Å². The third kappa shape index (κ3) is 7.50. The van der Waals surface area contributed by atoms with Crippen molar-refractivity contribution < 1.29 is 13.5 Å². The molecular formula is C24H29ClN4O3S. The van der Waals surface area contributed by atoms with E-state index in [1.807, 2.05) is 36.4 Å². The molecule has 7 nitrogen and oxygen atoms in total. The summed E-state index contributed by atoms with van der Waals surface area (Å²) in [6.07, 6.45) is 5.91. The number of nitrogens with two attached hydrogens (primary N) is 1. The summed E-state index contributed by atoms with van der Waals surface area (Å²) in [5, 5.41) is 9.89. The third-order valence-corrected chi connectivity index (χ3v) is 6.80. The van der Waals surface area contributed by atoms with E-state index in [4.69, 9.17) is 22.3 Å². The Hall–Kier alpha value is -2.52. The predicted molar refractivity (Wildman–Crippen MR) is 132 cm³/mol. The molecule has 1 heterocycles. The van der Waals surface area contributed by atoms with Gasteiger partial charge in [0.25, 0.3) is 0 Å². The highest BCUT2D eigenvalue weighted by atomic mass is 35.5. The van der Waals surface area contributed by atoms with Gasteiger partial charge in [-0.3, -0.25) is 0 Å². The minimum atomic E-state index is -3.33. The topological polar surface area (TPSA) is 109 Å². The van der Waals surface area contributed by atoms with Gasteiger partial charge in [-0.2, -0.15) is 4.31 Å². The fraction of sp³-hybridized carbons (Fsp3) is 0.333. The van der Waals surface area contributed by atoms with Gasteiger partial charge in [-0.1, -0.05) is 35.9 Å². The summed E-state index contributed by atoms with van der Waals surface area (Å²) in [5.74, 6) is 0.821. The summed E-state index contributed by atoms with van der Waals surface area (Å²) < 4.78 is 25.7. The standard InChI is InChI=1S/C24H29ClN4O3S/c1-33(31,32)29(14-4-12-26)17-19-6-2-7-20(15-19)22-11-13-27-24(28-22)8-3-5-18-9-10-23(30)21(25)16-18/h2,6-7,9-11,13,15-16,30H,3-5,8,12,14,17,26H2,1H3. The van der Waals surface area contributed by atoms with E-state index in [9.17, 15) is 13.5 Å². The normalized spacial score (nSPS) is 11.8. The second-order valence-electron chi connectivity index (χ2n) is 7.94. The molecule has 0 bridgehead atoms. The van der Waals surface area contributed by atoms with E-state index in [2.05, 4.69) is 4.98 Å². The maximum Gasteiger partial charge on any atom is 0.211 e. The number of nitrogens with zero attached hydrogens (tertiary/aromatic N) is 3. The molecule has 1 aromatic heterocycles. The fourth-order valence-corrected chi connectivity index (χ4v) is 4.55. The molecule has 0 radical (unpaired) electrons. The molecule has 0 aliphatic rings. The lowest BCUT2D eigenvalue weighted by atomic mass is 10.1. The number of hydrogen-bond acceptors (Lipinski definition) is 6. The Labute approximate surface area is 200 Å². The second kappa shape index (κ2) is 11.6. The average Bonchev–Trinajstić information content (AvgIpc) is 2.79. The Morgan fingerprint density at radius 3 is 2.61 bits per heavy atom. The molecule has 2 aromatic carbocycles. The SMILES string of the molecule is CS(=O)(=O)N(CCCN)Cc1cccc(-c2ccnc(CCCc3ccc(O)c(Cl)c3)n2)c1. The summed E-state index contributed by atoms with van der Waals surface area (Å²) in [4.78, 5) is 9.09. The number of halogens is 1. The average molecular weight is 489 g/mol. The van der Waals surface area contributed by atoms with Crippen LogP contribution >= 0.6 is 11.6 Å². The van der Waals surface area contributed by atoms with Crippen LogP contribution in [0.2, 0.25) is 5.02 Å². The molecule has 176 valence electrons. The van der Waals surface area contributed by atoms with Crippen LogP contribution in [0.3, 0.4) is 0 Å². The number of rotatable bonds is 11. The highest BCUT2D eigenvalue weighted by Crippen LogP contribution is 2.24. The molecule has 0 saturated heterocycles. The number of phenols is 1. The van der Waals surface area contributed by atoms with Crippen LogP contribution in [0, 0.1) is 0 Å². The summed E-state index contributed by atoms with van der Waals surface area (Å²) in [5.41, 5.74) is 9.20. The Kier molecular flexibility index (Phi) is 8.80. The molecule has 0 fully saturated rings. The van der Waals surface area contributed by atoms with Crippen molar-refractivity contribution in [1.29, 1.82) is 0 Å². The third-order valence-electron chi connectivity index (χ3n) is 5.25. The first-order valence-corrected chi connectivity index (χ1v) is 13.0. The summed E-state index contributed by atoms with van der Waals surface area (Å²) in [6, 6.07) is 14.8. The van der Waals surface area contributed by atoms with Crippen LogP contribution < -0.4 is 5.73 Å². The van der Waals surface area contributed by atoms with Gasteiger partial charge in [0, 0.05) is 31.3 Å². The molecule has 0 amide bonds. The number of aromatic hydroxyl groups is 1. The van der Waals surface area contributed by atoms with E-state index in [-0.39, 0.29) is 5.75 Å². The Morgan fingerprint density at radius 1 is 1.06 bits per heavy atom. The van der Waals surface area contributed by atoms with E-state index in [1.54, 1.807) is 18.3 Å². The monoisotopic (exact) mass is 488 g/mol. The van der Waals surface area contributed by atoms with Gasteiger partial charge in [0.05, 0.1) is 17.0 Å². The number of hydrogen-bond donors (Lipinski definition) is 2. The lowest BCUT2D eigenvalue weighted by molar-refractivity contribution is 0.405. The van der Waals surface area contributed by atoms with Crippen molar-refractivity contribution in [3.05, 3.63) is 76.7 Å². The Morgan fingerprint density at radius 2 is 1.88 bits per heavy atom. The zero-order valence-electron chi connectivity index (χ0n) is 18.6. The summed E-state index contributed by atoms with van der Waals surface area (Å²) in [7, 11) is -3.33. The van der Waals surface area contributed by atoms with Crippen LogP contribution in [0.4, 0.5) is 0 Å². The van der Waals surface area contributed by atoms with Gasteiger partial charge in [-0.15, -0.1) is 0 Å². The van der Waals surface area contributed by atoms with Crippen LogP contribution in [-0.4, -0.2) is 47.1 Å². The second-order valence-corrected chi connectivity index (χ2v) is 10.3. The number of benzene rings is 2. The van der Waals surface area contributed by atoms with E-state index in [0.717, 1.165) is 41.1 Å². The van der Waals surface area contributed by atoms with Crippen LogP contribution in [0.1, 0.15) is 29.8 Å². The van der Waals surface area contributed by atoms with Crippen molar-refractivity contribution in [1.82, 2.24) is 14.3 Å². The molecule has 0 unspecified atom stereocenters. The molecule has 0 aliphatic carbocycles. The maximum atomic E-state index is 12.1. The van der Waals surface area contributed by atoms with Crippen molar-refractivity contribution in [2.45, 2.75) is 32.2 Å². The molecule has 3 aromatic rings. The number of phenolic OH excluding ortho intramolecular Hbond substituents is 1. The first kappa shape index (κ1) is 25.1. The van der Waals surface area contributed by atoms with Crippen molar-refractivity contribution in [2.24, 2.45) is 5.73 Å². The molecule has 0 aliphatic heterocycles. The van der Waals surface area contributed by atoms with Gasteiger partial charge in [0.2, 0.25) is 10.0 Å². The van der Waals surface area contributed by atoms with Crippen LogP contribution in [0.25, 0.3) is 11.3 Å². The number of aromatic nitrogens is 2. The Balaban J connectivity index is 1.68. The summed E-state index contributed by atoms with van der Waals surface area (Å²) >= 11 is 5.98. The maximum absolute atomic E-state index is 12.1. The van der Waals surface area contributed by atoms with E-state index >= 15 is 0 Å². The van der Waals surface area contributed by atoms with Gasteiger partial charge < -0.3 is 10.8 Å². The quantitative estimate of drug-likeness (QED) is 0.425. The molecule has 0 saturated carbocycles. The fourth-order valence-electron chi connectivity index (χ4n) is 3.50. The van der Waals surface area contributed by atoms with Gasteiger partial charge in [0.1, 0.15) is 11.6 Å². The van der Waals surface area contributed by atoms with Gasteiger partial charge in [0.15, 0.2) is 0 Å². The van der Waals surface area contributed by atoms with Crippen molar-refractivity contribution >= 4 is 21.6 Å². The van der Waals surface area contributed by atoms with E-state index < -0.39 is 10.0 Å². The highest BCUT2D eigenvalue weighted by molar-refractivity contribution is 7.88. The zero-order valence-corrected chi connectivity index (χ0v) is 20.2. The molecule has 33 heavy (non-hydrogen) atoms. The Bertz CT molecular complexity index is 1190. The molecule has 0 atom stereocenters. The highest BCUT2D eigenvalue weighted by Gasteiger charge is 2.16. The van der Waals surface area contributed by atoms with Crippen molar-refractivity contribution in [2.75, 3.05) is 19.3 Å². The minimum absolute atomic E-state index is 0.0812. The number of aryl methyl sites for hydroxylation is 2. The number of sulfonamides is 1. The lowest BCUT2D eigenvalue weighted by Gasteiger charge is -2.20. The minimum Gasteiger partial charge on any atom is -0.506 e. The smallest absolute Gasteiger partial charge is 0.211 e. The van der Waals surface area contributed by atoms with Gasteiger partial charge in [-0.25, -0.2) is 18.4 Å². The summed E-state index contributed by atoms with van der Waals surface area (Å²) in [6.45, 7) is 1.12.